The van der Waals surface area contributed by atoms with E-state index in [-0.39, 0.29) is 0 Å². The molecule has 0 heterocycles. The van der Waals surface area contributed by atoms with Crippen molar-refractivity contribution in [2.24, 2.45) is 5.10 Å². The van der Waals surface area contributed by atoms with E-state index in [1.807, 2.05) is 0 Å². The van der Waals surface area contributed by atoms with Gasteiger partial charge < -0.3 is 14.6 Å². The van der Waals surface area contributed by atoms with Crippen LogP contribution in [0.3, 0.4) is 0 Å². The molecule has 0 fully saturated rings. The van der Waals surface area contributed by atoms with E-state index in [1.165, 1.54) is 20.4 Å². The number of benzene rings is 2. The van der Waals surface area contributed by atoms with Gasteiger partial charge in [-0.2, -0.15) is 5.10 Å². The zero-order chi connectivity index (χ0) is 17.5. The lowest BCUT2D eigenvalue weighted by Gasteiger charge is -2.10. The molecule has 0 spiro atoms. The van der Waals surface area contributed by atoms with Gasteiger partial charge in [0.25, 0.3) is 5.91 Å². The van der Waals surface area contributed by atoms with Crippen molar-refractivity contribution in [2.45, 2.75) is 6.10 Å². The number of methoxy groups -OCH3 is 2. The molecule has 0 bridgehead atoms. The zero-order valence-electron chi connectivity index (χ0n) is 13.2. The molecule has 1 amide bonds. The van der Waals surface area contributed by atoms with Gasteiger partial charge in [-0.05, 0) is 11.6 Å². The standard InChI is InChI=1S/C17H17ClN2O4/c1-23-14-8-12(13(18)9-15(14)24-2)10-19-20-17(22)16(21)11-6-4-3-5-7-11/h3-10,16,21H,1-2H3,(H,20,22)/b19-10-/t16-/m1/s1. The molecule has 24 heavy (non-hydrogen) atoms. The molecular weight excluding hydrogens is 332 g/mol. The number of rotatable bonds is 6. The second-order valence-electron chi connectivity index (χ2n) is 4.78. The van der Waals surface area contributed by atoms with Gasteiger partial charge in [0.05, 0.1) is 25.5 Å². The topological polar surface area (TPSA) is 80.2 Å². The Morgan fingerprint density at radius 1 is 1.21 bits per heavy atom. The van der Waals surface area contributed by atoms with E-state index in [2.05, 4.69) is 10.5 Å². The molecule has 0 aliphatic carbocycles. The Bertz CT molecular complexity index is 735. The molecule has 2 rings (SSSR count). The van der Waals surface area contributed by atoms with E-state index in [0.717, 1.165) is 0 Å². The highest BCUT2D eigenvalue weighted by atomic mass is 35.5. The van der Waals surface area contributed by atoms with Crippen molar-refractivity contribution >= 4 is 23.7 Å². The molecular formula is C17H17ClN2O4. The summed E-state index contributed by atoms with van der Waals surface area (Å²) in [6, 6.07) is 11.8. The Labute approximate surface area is 144 Å². The molecule has 126 valence electrons. The van der Waals surface area contributed by atoms with E-state index in [4.69, 9.17) is 21.1 Å². The van der Waals surface area contributed by atoms with Crippen LogP contribution in [-0.4, -0.2) is 31.4 Å². The number of carbonyl (C=O) groups excluding carboxylic acids is 1. The SMILES string of the molecule is COc1cc(Cl)c(/C=N\NC(=O)[C@H](O)c2ccccc2)cc1OC. The van der Waals surface area contributed by atoms with Crippen molar-refractivity contribution in [1.82, 2.24) is 5.43 Å². The number of ether oxygens (including phenoxy) is 2. The smallest absolute Gasteiger partial charge is 0.273 e. The first-order valence-corrected chi connectivity index (χ1v) is 7.42. The highest BCUT2D eigenvalue weighted by molar-refractivity contribution is 6.33. The number of halogens is 1. The third kappa shape index (κ3) is 4.24. The summed E-state index contributed by atoms with van der Waals surface area (Å²) < 4.78 is 10.3. The van der Waals surface area contributed by atoms with Crippen LogP contribution in [0, 0.1) is 0 Å². The summed E-state index contributed by atoms with van der Waals surface area (Å²) in [6.45, 7) is 0. The van der Waals surface area contributed by atoms with Gasteiger partial charge in [0.15, 0.2) is 17.6 Å². The molecule has 6 nitrogen and oxygen atoms in total. The van der Waals surface area contributed by atoms with E-state index < -0.39 is 12.0 Å². The summed E-state index contributed by atoms with van der Waals surface area (Å²) in [5.41, 5.74) is 3.28. The third-order valence-electron chi connectivity index (χ3n) is 3.24. The number of nitrogens with one attached hydrogen (secondary N) is 1. The van der Waals surface area contributed by atoms with Crippen molar-refractivity contribution in [2.75, 3.05) is 14.2 Å². The van der Waals surface area contributed by atoms with Crippen LogP contribution < -0.4 is 14.9 Å². The number of aliphatic hydroxyl groups is 1. The average molecular weight is 349 g/mol. The summed E-state index contributed by atoms with van der Waals surface area (Å²) in [5, 5.41) is 14.1. The molecule has 0 saturated carbocycles. The molecule has 0 saturated heterocycles. The van der Waals surface area contributed by atoms with Crippen LogP contribution >= 0.6 is 11.6 Å². The lowest BCUT2D eigenvalue weighted by Crippen LogP contribution is -2.25. The number of carbonyl (C=O) groups is 1. The first kappa shape index (κ1) is 17.8. The number of hydrogen-bond acceptors (Lipinski definition) is 5. The zero-order valence-corrected chi connectivity index (χ0v) is 13.9. The van der Waals surface area contributed by atoms with Gasteiger partial charge in [0, 0.05) is 11.6 Å². The van der Waals surface area contributed by atoms with Gasteiger partial charge >= 0.3 is 0 Å². The Morgan fingerprint density at radius 3 is 2.46 bits per heavy atom. The Balaban J connectivity index is 2.07. The second kappa shape index (κ2) is 8.33. The fourth-order valence-electron chi connectivity index (χ4n) is 1.98. The molecule has 0 aromatic heterocycles. The molecule has 0 unspecified atom stereocenters. The molecule has 2 aromatic rings. The van der Waals surface area contributed by atoms with Crippen molar-refractivity contribution in [3.8, 4) is 11.5 Å². The highest BCUT2D eigenvalue weighted by Gasteiger charge is 2.16. The van der Waals surface area contributed by atoms with Gasteiger partial charge in [0.2, 0.25) is 0 Å². The normalized spacial score (nSPS) is 12.0. The van der Waals surface area contributed by atoms with Crippen LogP contribution in [-0.2, 0) is 4.79 Å². The number of amides is 1. The molecule has 2 aromatic carbocycles. The fourth-order valence-corrected chi connectivity index (χ4v) is 2.18. The fraction of sp³-hybridized carbons (Fsp3) is 0.176. The van der Waals surface area contributed by atoms with Gasteiger partial charge in [-0.15, -0.1) is 0 Å². The summed E-state index contributed by atoms with van der Waals surface area (Å²) in [6.07, 6.45) is 0.0594. The first-order chi connectivity index (χ1) is 11.6. The molecule has 0 radical (unpaired) electrons. The monoisotopic (exact) mass is 348 g/mol. The van der Waals surface area contributed by atoms with Crippen molar-refractivity contribution in [3.05, 3.63) is 58.6 Å². The second-order valence-corrected chi connectivity index (χ2v) is 5.18. The predicted octanol–water partition coefficient (Wildman–Crippen LogP) is 2.54. The summed E-state index contributed by atoms with van der Waals surface area (Å²) >= 11 is 6.12. The Hall–Kier alpha value is -2.57. The molecule has 0 aliphatic rings. The number of nitrogens with zero attached hydrogens (tertiary/aromatic N) is 1. The lowest BCUT2D eigenvalue weighted by molar-refractivity contribution is -0.129. The van der Waals surface area contributed by atoms with Crippen molar-refractivity contribution in [1.29, 1.82) is 0 Å². The maximum absolute atomic E-state index is 11.9. The molecule has 1 atom stereocenters. The number of hydrogen-bond donors (Lipinski definition) is 2. The minimum Gasteiger partial charge on any atom is -0.493 e. The van der Waals surface area contributed by atoms with E-state index >= 15 is 0 Å². The molecule has 7 heteroatoms. The summed E-state index contributed by atoms with van der Waals surface area (Å²) in [4.78, 5) is 11.9. The minimum absolute atomic E-state index is 0.384. The molecule has 0 aliphatic heterocycles. The van der Waals surface area contributed by atoms with E-state index in [0.29, 0.717) is 27.6 Å². The largest absolute Gasteiger partial charge is 0.493 e. The van der Waals surface area contributed by atoms with Crippen LogP contribution in [0.25, 0.3) is 0 Å². The summed E-state index contributed by atoms with van der Waals surface area (Å²) in [7, 11) is 3.01. The maximum Gasteiger partial charge on any atom is 0.273 e. The predicted molar refractivity (Wildman–Crippen MR) is 91.7 cm³/mol. The van der Waals surface area contributed by atoms with Gasteiger partial charge in [0.1, 0.15) is 0 Å². The van der Waals surface area contributed by atoms with Crippen LogP contribution in [0.4, 0.5) is 0 Å². The maximum atomic E-state index is 11.9. The lowest BCUT2D eigenvalue weighted by atomic mass is 10.1. The highest BCUT2D eigenvalue weighted by Crippen LogP contribution is 2.32. The Morgan fingerprint density at radius 2 is 1.83 bits per heavy atom. The van der Waals surface area contributed by atoms with E-state index in [1.54, 1.807) is 42.5 Å². The molecule has 2 N–H and O–H groups in total. The van der Waals surface area contributed by atoms with Crippen molar-refractivity contribution in [3.63, 3.8) is 0 Å². The Kier molecular flexibility index (Phi) is 6.17. The van der Waals surface area contributed by atoms with Crippen molar-refractivity contribution < 1.29 is 19.4 Å². The quantitative estimate of drug-likeness (QED) is 0.621. The third-order valence-corrected chi connectivity index (χ3v) is 3.57. The van der Waals surface area contributed by atoms with Crippen LogP contribution in [0.2, 0.25) is 5.02 Å². The van der Waals surface area contributed by atoms with Gasteiger partial charge in [-0.3, -0.25) is 4.79 Å². The number of aliphatic hydroxyl groups excluding tert-OH is 1. The summed E-state index contributed by atoms with van der Waals surface area (Å²) in [5.74, 6) is 0.330. The van der Waals surface area contributed by atoms with Crippen LogP contribution in [0.15, 0.2) is 47.6 Å². The van der Waals surface area contributed by atoms with Gasteiger partial charge in [-0.25, -0.2) is 5.43 Å². The minimum atomic E-state index is -1.30. The van der Waals surface area contributed by atoms with Crippen LogP contribution in [0.5, 0.6) is 11.5 Å². The number of hydrazone groups is 1. The van der Waals surface area contributed by atoms with E-state index in [9.17, 15) is 9.90 Å². The van der Waals surface area contributed by atoms with Crippen LogP contribution in [0.1, 0.15) is 17.2 Å². The first-order valence-electron chi connectivity index (χ1n) is 7.04. The average Bonchev–Trinajstić information content (AvgIpc) is 2.62. The van der Waals surface area contributed by atoms with Gasteiger partial charge in [-0.1, -0.05) is 41.9 Å².